The molecule has 182 valence electrons. The lowest BCUT2D eigenvalue weighted by Gasteiger charge is -2.28. The largest absolute Gasteiger partial charge is 0.474 e. The third-order valence-corrected chi connectivity index (χ3v) is 7.32. The fourth-order valence-corrected chi connectivity index (χ4v) is 5.41. The van der Waals surface area contributed by atoms with Crippen LogP contribution in [0.2, 0.25) is 5.02 Å². The molecule has 0 aliphatic heterocycles. The van der Waals surface area contributed by atoms with Crippen molar-refractivity contribution < 1.29 is 18.7 Å². The minimum absolute atomic E-state index is 0.159. The summed E-state index contributed by atoms with van der Waals surface area (Å²) in [7, 11) is 0. The van der Waals surface area contributed by atoms with Crippen molar-refractivity contribution in [3.63, 3.8) is 0 Å². The lowest BCUT2D eigenvalue weighted by Crippen LogP contribution is -2.41. The van der Waals surface area contributed by atoms with Crippen molar-refractivity contribution >= 4 is 17.7 Å². The van der Waals surface area contributed by atoms with Gasteiger partial charge in [0.2, 0.25) is 5.88 Å². The van der Waals surface area contributed by atoms with Crippen molar-refractivity contribution in [3.05, 3.63) is 82.6 Å². The fourth-order valence-electron chi connectivity index (χ4n) is 4.97. The molecule has 0 radical (unpaired) electrons. The summed E-state index contributed by atoms with van der Waals surface area (Å²) >= 11 is 6.84. The number of aromatic nitrogens is 1. The number of halogens is 2. The van der Waals surface area contributed by atoms with E-state index in [1.807, 2.05) is 44.2 Å². The van der Waals surface area contributed by atoms with Gasteiger partial charge in [0.1, 0.15) is 18.5 Å². The lowest BCUT2D eigenvalue weighted by molar-refractivity contribution is 0.129. The maximum Gasteiger partial charge on any atom is 0.408 e. The number of hydrogen-bond acceptors (Lipinski definition) is 4. The monoisotopic (exact) mass is 494 g/mol. The van der Waals surface area contributed by atoms with Gasteiger partial charge in [0, 0.05) is 29.0 Å². The van der Waals surface area contributed by atoms with Crippen LogP contribution in [0.25, 0.3) is 11.3 Å². The Kier molecular flexibility index (Phi) is 6.41. The van der Waals surface area contributed by atoms with Crippen molar-refractivity contribution in [3.8, 4) is 17.1 Å². The van der Waals surface area contributed by atoms with Gasteiger partial charge in [0.15, 0.2) is 0 Å². The molecule has 1 aromatic heterocycles. The Balaban J connectivity index is 1.41. The van der Waals surface area contributed by atoms with Gasteiger partial charge < -0.3 is 14.8 Å². The second-order valence-corrected chi connectivity index (χ2v) is 10.2. The molecule has 7 heteroatoms. The first-order valence-electron chi connectivity index (χ1n) is 11.9. The summed E-state index contributed by atoms with van der Waals surface area (Å²) in [5.41, 5.74) is 1.80. The number of fused-ring (bicyclic) bond motifs is 1. The molecular weight excluding hydrogens is 467 g/mol. The van der Waals surface area contributed by atoms with Gasteiger partial charge in [-0.15, -0.1) is 0 Å². The number of carbonyl (C=O) groups is 1. The molecule has 3 atom stereocenters. The Bertz CT molecular complexity index is 1210. The molecule has 0 saturated heterocycles. The average Bonchev–Trinajstić information content (AvgIpc) is 3.24. The molecular formula is C28H28ClFN2O3. The van der Waals surface area contributed by atoms with E-state index in [9.17, 15) is 9.18 Å². The van der Waals surface area contributed by atoms with E-state index in [4.69, 9.17) is 21.1 Å². The quantitative estimate of drug-likeness (QED) is 0.389. The molecule has 35 heavy (non-hydrogen) atoms. The van der Waals surface area contributed by atoms with Crippen LogP contribution >= 0.6 is 11.6 Å². The number of alkyl carbamates (subject to hydrolysis) is 1. The molecule has 2 saturated carbocycles. The van der Waals surface area contributed by atoms with Gasteiger partial charge in [-0.25, -0.2) is 14.2 Å². The number of amides is 1. The zero-order chi connectivity index (χ0) is 24.6. The summed E-state index contributed by atoms with van der Waals surface area (Å²) in [5.74, 6) is 1.29. The number of ether oxygens (including phenoxy) is 2. The maximum atomic E-state index is 13.6. The van der Waals surface area contributed by atoms with E-state index in [2.05, 4.69) is 10.3 Å². The molecule has 1 N–H and O–H groups in total. The van der Waals surface area contributed by atoms with E-state index < -0.39 is 11.6 Å². The first-order valence-corrected chi connectivity index (χ1v) is 12.3. The summed E-state index contributed by atoms with van der Waals surface area (Å²) in [6.45, 7) is 3.86. The first kappa shape index (κ1) is 23.6. The standard InChI is InChI=1S/C28H28ClFN2O3/c1-28(2,32-27(33)34-16-17-7-4-3-5-8-17)22-15-23(35-26-20-9-6-10-21(20)26)31-25(24(22)29)18-11-13-19(30)14-12-18/h3-5,7-8,11-15,20-21,26H,6,9-10,16H2,1-2H3,(H,32,33)/t20-,21+,26+. The number of rotatable bonds is 7. The number of benzene rings is 2. The van der Waals surface area contributed by atoms with Crippen LogP contribution in [0.15, 0.2) is 60.7 Å². The predicted molar refractivity (Wildman–Crippen MR) is 133 cm³/mol. The van der Waals surface area contributed by atoms with Gasteiger partial charge in [-0.1, -0.05) is 48.4 Å². The Hall–Kier alpha value is -3.12. The molecule has 0 spiro atoms. The second kappa shape index (κ2) is 9.50. The van der Waals surface area contributed by atoms with Crippen LogP contribution in [0.1, 0.15) is 44.2 Å². The molecule has 5 rings (SSSR count). The number of hydrogen-bond donors (Lipinski definition) is 1. The fraction of sp³-hybridized carbons (Fsp3) is 0.357. The minimum Gasteiger partial charge on any atom is -0.474 e. The molecule has 0 unspecified atom stereocenters. The average molecular weight is 495 g/mol. The maximum absolute atomic E-state index is 13.6. The lowest BCUT2D eigenvalue weighted by atomic mass is 9.93. The van der Waals surface area contributed by atoms with Gasteiger partial charge >= 0.3 is 6.09 Å². The van der Waals surface area contributed by atoms with Crippen LogP contribution in [0.4, 0.5) is 9.18 Å². The smallest absolute Gasteiger partial charge is 0.408 e. The third kappa shape index (κ3) is 5.13. The summed E-state index contributed by atoms with van der Waals surface area (Å²) in [6.07, 6.45) is 3.21. The van der Waals surface area contributed by atoms with E-state index in [1.165, 1.54) is 31.4 Å². The topological polar surface area (TPSA) is 60.5 Å². The molecule has 1 amide bonds. The number of carbonyl (C=O) groups excluding carboxylic acids is 1. The van der Waals surface area contributed by atoms with Crippen molar-refractivity contribution in [2.45, 2.75) is 51.4 Å². The minimum atomic E-state index is -0.889. The van der Waals surface area contributed by atoms with Crippen LogP contribution in [0.3, 0.4) is 0 Å². The van der Waals surface area contributed by atoms with Crippen LogP contribution in [0, 0.1) is 17.7 Å². The van der Waals surface area contributed by atoms with Crippen LogP contribution in [-0.2, 0) is 16.9 Å². The van der Waals surface area contributed by atoms with Crippen LogP contribution in [-0.4, -0.2) is 17.2 Å². The van der Waals surface area contributed by atoms with E-state index in [0.29, 0.717) is 39.6 Å². The van der Waals surface area contributed by atoms with Crippen molar-refractivity contribution in [1.82, 2.24) is 10.3 Å². The molecule has 2 aromatic carbocycles. The number of nitrogens with one attached hydrogen (secondary N) is 1. The summed E-state index contributed by atoms with van der Waals surface area (Å²) in [5, 5.41) is 3.29. The van der Waals surface area contributed by atoms with Crippen molar-refractivity contribution in [2.24, 2.45) is 11.8 Å². The Morgan fingerprint density at radius 1 is 1.11 bits per heavy atom. The van der Waals surface area contributed by atoms with E-state index in [1.54, 1.807) is 18.2 Å². The van der Waals surface area contributed by atoms with Gasteiger partial charge in [-0.2, -0.15) is 0 Å². The Morgan fingerprint density at radius 3 is 2.49 bits per heavy atom. The van der Waals surface area contributed by atoms with Crippen LogP contribution < -0.4 is 10.1 Å². The van der Waals surface area contributed by atoms with E-state index in [0.717, 1.165) is 5.56 Å². The van der Waals surface area contributed by atoms with Crippen LogP contribution in [0.5, 0.6) is 5.88 Å². The van der Waals surface area contributed by atoms with Gasteiger partial charge in [0.05, 0.1) is 16.3 Å². The molecule has 5 nitrogen and oxygen atoms in total. The van der Waals surface area contributed by atoms with Gasteiger partial charge in [0.25, 0.3) is 0 Å². The van der Waals surface area contributed by atoms with E-state index in [-0.39, 0.29) is 18.5 Å². The highest BCUT2D eigenvalue weighted by atomic mass is 35.5. The highest BCUT2D eigenvalue weighted by Crippen LogP contribution is 2.54. The van der Waals surface area contributed by atoms with Crippen molar-refractivity contribution in [2.75, 3.05) is 0 Å². The highest BCUT2D eigenvalue weighted by molar-refractivity contribution is 6.34. The summed E-state index contributed by atoms with van der Waals surface area (Å²) in [4.78, 5) is 17.3. The molecule has 1 heterocycles. The molecule has 0 bridgehead atoms. The number of nitrogens with zero attached hydrogens (tertiary/aromatic N) is 1. The number of pyridine rings is 1. The van der Waals surface area contributed by atoms with Gasteiger partial charge in [-0.3, -0.25) is 0 Å². The predicted octanol–water partition coefficient (Wildman–Crippen LogP) is 6.88. The molecule has 3 aromatic rings. The van der Waals surface area contributed by atoms with Crippen molar-refractivity contribution in [1.29, 1.82) is 0 Å². The third-order valence-electron chi connectivity index (χ3n) is 6.94. The van der Waals surface area contributed by atoms with Gasteiger partial charge in [-0.05, 0) is 56.5 Å². The molecule has 2 fully saturated rings. The molecule has 2 aliphatic carbocycles. The van der Waals surface area contributed by atoms with E-state index >= 15 is 0 Å². The highest BCUT2D eigenvalue weighted by Gasteiger charge is 2.55. The Morgan fingerprint density at radius 2 is 1.80 bits per heavy atom. The second-order valence-electron chi connectivity index (χ2n) is 9.83. The first-order chi connectivity index (χ1) is 16.8. The Labute approximate surface area is 209 Å². The zero-order valence-electron chi connectivity index (χ0n) is 19.8. The normalized spacial score (nSPS) is 20.7. The summed E-state index contributed by atoms with van der Waals surface area (Å²) in [6, 6.07) is 17.3. The summed E-state index contributed by atoms with van der Waals surface area (Å²) < 4.78 is 25.3. The zero-order valence-corrected chi connectivity index (χ0v) is 20.5. The SMILES string of the molecule is CC(C)(NC(=O)OCc1ccccc1)c1cc(O[C@H]2[C@@H]3CCC[C@@H]32)nc(-c2ccc(F)cc2)c1Cl. The molecule has 2 aliphatic rings.